The number of fused-ring (bicyclic) bond motifs is 1. The van der Waals surface area contributed by atoms with Crippen LogP contribution >= 0.6 is 0 Å². The van der Waals surface area contributed by atoms with Gasteiger partial charge in [-0.1, -0.05) is 0 Å². The van der Waals surface area contributed by atoms with Gasteiger partial charge in [0.1, 0.15) is 0 Å². The standard InChI is InChI=1S/C10H19NO2S/c1-10(2,3)11-5-4-8-6-14(12,13)7-9(8)11/h8-9H,4-7H2,1-3H3. The average Bonchev–Trinajstić information content (AvgIpc) is 2.38. The highest BCUT2D eigenvalue weighted by Gasteiger charge is 2.47. The number of hydrogen-bond donors (Lipinski definition) is 0. The van der Waals surface area contributed by atoms with Crippen molar-refractivity contribution in [2.75, 3.05) is 18.1 Å². The molecule has 2 aliphatic heterocycles. The van der Waals surface area contributed by atoms with E-state index in [1.165, 1.54) is 0 Å². The van der Waals surface area contributed by atoms with E-state index in [2.05, 4.69) is 25.7 Å². The zero-order chi connectivity index (χ0) is 10.6. The molecular formula is C10H19NO2S. The van der Waals surface area contributed by atoms with E-state index in [1.807, 2.05) is 0 Å². The molecule has 0 aromatic heterocycles. The Bertz CT molecular complexity index is 329. The summed E-state index contributed by atoms with van der Waals surface area (Å²) in [6.45, 7) is 7.56. The predicted molar refractivity (Wildman–Crippen MR) is 57.0 cm³/mol. The van der Waals surface area contributed by atoms with Crippen molar-refractivity contribution >= 4 is 9.84 Å². The first-order valence-corrected chi connectivity index (χ1v) is 7.09. The highest BCUT2D eigenvalue weighted by atomic mass is 32.2. The first-order valence-electron chi connectivity index (χ1n) is 5.27. The van der Waals surface area contributed by atoms with Crippen molar-refractivity contribution in [3.63, 3.8) is 0 Å². The van der Waals surface area contributed by atoms with Crippen LogP contribution in [0.4, 0.5) is 0 Å². The normalized spacial score (nSPS) is 37.4. The lowest BCUT2D eigenvalue weighted by molar-refractivity contribution is 0.125. The molecule has 2 aliphatic rings. The smallest absolute Gasteiger partial charge is 0.152 e. The van der Waals surface area contributed by atoms with Gasteiger partial charge < -0.3 is 0 Å². The number of sulfone groups is 1. The van der Waals surface area contributed by atoms with Crippen LogP contribution in [0.25, 0.3) is 0 Å². The zero-order valence-corrected chi connectivity index (χ0v) is 9.97. The number of rotatable bonds is 0. The van der Waals surface area contributed by atoms with E-state index >= 15 is 0 Å². The van der Waals surface area contributed by atoms with Crippen LogP contribution in [0.2, 0.25) is 0 Å². The molecule has 2 atom stereocenters. The molecule has 14 heavy (non-hydrogen) atoms. The van der Waals surface area contributed by atoms with E-state index in [0.29, 0.717) is 23.5 Å². The Labute approximate surface area is 86.4 Å². The highest BCUT2D eigenvalue weighted by molar-refractivity contribution is 7.91. The van der Waals surface area contributed by atoms with Gasteiger partial charge in [-0.05, 0) is 39.7 Å². The summed E-state index contributed by atoms with van der Waals surface area (Å²) in [4.78, 5) is 2.36. The summed E-state index contributed by atoms with van der Waals surface area (Å²) in [5.41, 5.74) is 0.110. The molecule has 0 bridgehead atoms. The Morgan fingerprint density at radius 3 is 2.43 bits per heavy atom. The Hall–Kier alpha value is -0.0900. The summed E-state index contributed by atoms with van der Waals surface area (Å²) < 4.78 is 23.0. The summed E-state index contributed by atoms with van der Waals surface area (Å²) >= 11 is 0. The van der Waals surface area contributed by atoms with Crippen LogP contribution in [0.5, 0.6) is 0 Å². The zero-order valence-electron chi connectivity index (χ0n) is 9.16. The molecule has 82 valence electrons. The molecular weight excluding hydrogens is 198 g/mol. The maximum absolute atomic E-state index is 11.5. The minimum atomic E-state index is -2.74. The summed E-state index contributed by atoms with van der Waals surface area (Å²) in [5.74, 6) is 1.21. The second-order valence-electron chi connectivity index (χ2n) is 5.56. The second-order valence-corrected chi connectivity index (χ2v) is 7.71. The van der Waals surface area contributed by atoms with Gasteiger partial charge in [-0.25, -0.2) is 8.42 Å². The maximum atomic E-state index is 11.5. The van der Waals surface area contributed by atoms with Crippen molar-refractivity contribution in [3.05, 3.63) is 0 Å². The Kier molecular flexibility index (Phi) is 2.20. The molecule has 2 unspecified atom stereocenters. The van der Waals surface area contributed by atoms with Crippen molar-refractivity contribution in [3.8, 4) is 0 Å². The molecule has 0 spiro atoms. The van der Waals surface area contributed by atoms with Crippen molar-refractivity contribution in [1.82, 2.24) is 4.90 Å². The third kappa shape index (κ3) is 1.70. The monoisotopic (exact) mass is 217 g/mol. The van der Waals surface area contributed by atoms with Gasteiger partial charge in [-0.2, -0.15) is 0 Å². The number of nitrogens with zero attached hydrogens (tertiary/aromatic N) is 1. The summed E-state index contributed by atoms with van der Waals surface area (Å²) in [6, 6.07) is 0.292. The molecule has 0 radical (unpaired) electrons. The Morgan fingerprint density at radius 2 is 1.86 bits per heavy atom. The molecule has 0 aromatic carbocycles. The van der Waals surface area contributed by atoms with Crippen LogP contribution in [0.15, 0.2) is 0 Å². The SMILES string of the molecule is CC(C)(C)N1CCC2CS(=O)(=O)CC21. The van der Waals surface area contributed by atoms with Crippen molar-refractivity contribution in [2.24, 2.45) is 5.92 Å². The first kappa shape index (κ1) is 10.4. The Balaban J connectivity index is 2.21. The third-order valence-electron chi connectivity index (χ3n) is 3.44. The van der Waals surface area contributed by atoms with Gasteiger partial charge in [0, 0.05) is 11.6 Å². The lowest BCUT2D eigenvalue weighted by Gasteiger charge is -2.36. The fraction of sp³-hybridized carbons (Fsp3) is 1.00. The van der Waals surface area contributed by atoms with E-state index < -0.39 is 9.84 Å². The van der Waals surface area contributed by atoms with Crippen LogP contribution in [0, 0.1) is 5.92 Å². The average molecular weight is 217 g/mol. The van der Waals surface area contributed by atoms with Gasteiger partial charge in [0.15, 0.2) is 9.84 Å². The molecule has 3 nitrogen and oxygen atoms in total. The molecule has 0 aliphatic carbocycles. The summed E-state index contributed by atoms with van der Waals surface area (Å²) in [5, 5.41) is 0. The maximum Gasteiger partial charge on any atom is 0.152 e. The molecule has 2 fully saturated rings. The van der Waals surface area contributed by atoms with E-state index in [1.54, 1.807) is 0 Å². The van der Waals surface area contributed by atoms with Crippen LogP contribution in [-0.4, -0.2) is 42.9 Å². The number of likely N-dealkylation sites (tertiary alicyclic amines) is 1. The lowest BCUT2D eigenvalue weighted by atomic mass is 10.0. The van der Waals surface area contributed by atoms with Crippen LogP contribution < -0.4 is 0 Å². The van der Waals surface area contributed by atoms with Crippen molar-refractivity contribution in [2.45, 2.75) is 38.8 Å². The molecule has 0 aromatic rings. The largest absolute Gasteiger partial charge is 0.294 e. The van der Waals surface area contributed by atoms with Crippen LogP contribution in [0.1, 0.15) is 27.2 Å². The predicted octanol–water partition coefficient (Wildman–Crippen LogP) is 0.904. The molecule has 2 heterocycles. The van der Waals surface area contributed by atoms with Crippen LogP contribution in [0.3, 0.4) is 0 Å². The van der Waals surface area contributed by atoms with Gasteiger partial charge >= 0.3 is 0 Å². The van der Waals surface area contributed by atoms with Crippen molar-refractivity contribution < 1.29 is 8.42 Å². The minimum Gasteiger partial charge on any atom is -0.294 e. The van der Waals surface area contributed by atoms with Crippen molar-refractivity contribution in [1.29, 1.82) is 0 Å². The third-order valence-corrected chi connectivity index (χ3v) is 5.23. The first-order chi connectivity index (χ1) is 6.30. The highest BCUT2D eigenvalue weighted by Crippen LogP contribution is 2.36. The summed E-state index contributed by atoms with van der Waals surface area (Å²) in [6.07, 6.45) is 1.06. The summed E-state index contributed by atoms with van der Waals surface area (Å²) in [7, 11) is -2.74. The quantitative estimate of drug-likeness (QED) is 0.605. The molecule has 2 rings (SSSR count). The van der Waals surface area contributed by atoms with Gasteiger partial charge in [0.05, 0.1) is 11.5 Å². The minimum absolute atomic E-state index is 0.110. The fourth-order valence-electron chi connectivity index (χ4n) is 2.83. The van der Waals surface area contributed by atoms with Gasteiger partial charge in [0.25, 0.3) is 0 Å². The van der Waals surface area contributed by atoms with E-state index in [9.17, 15) is 8.42 Å². The van der Waals surface area contributed by atoms with E-state index in [4.69, 9.17) is 0 Å². The van der Waals surface area contributed by atoms with Gasteiger partial charge in [0.2, 0.25) is 0 Å². The molecule has 0 saturated carbocycles. The Morgan fingerprint density at radius 1 is 1.21 bits per heavy atom. The molecule has 4 heteroatoms. The number of hydrogen-bond acceptors (Lipinski definition) is 3. The van der Waals surface area contributed by atoms with Crippen LogP contribution in [-0.2, 0) is 9.84 Å². The lowest BCUT2D eigenvalue weighted by Crippen LogP contribution is -2.46. The van der Waals surface area contributed by atoms with Gasteiger partial charge in [-0.15, -0.1) is 0 Å². The molecule has 0 N–H and O–H groups in total. The topological polar surface area (TPSA) is 37.4 Å². The van der Waals surface area contributed by atoms with E-state index in [0.717, 1.165) is 13.0 Å². The fourth-order valence-corrected chi connectivity index (χ4v) is 4.98. The second kappa shape index (κ2) is 2.95. The van der Waals surface area contributed by atoms with Gasteiger partial charge in [-0.3, -0.25) is 4.90 Å². The molecule has 2 saturated heterocycles. The van der Waals surface area contributed by atoms with E-state index in [-0.39, 0.29) is 5.54 Å². The molecule has 0 amide bonds.